The number of rotatable bonds is 7. The maximum atomic E-state index is 12.7. The van der Waals surface area contributed by atoms with Gasteiger partial charge in [0.25, 0.3) is 0 Å². The standard InChI is InChI=1S/C24H33N5O/c30-24(27-12-7-20-4-1-10-25-16-20)22-6-3-13-29(19-22)23-8-14-28(15-9-23)18-21-5-2-11-26-17-21/h1-2,4-5,10-11,16-17,22-23H,3,6-9,12-15,18-19H2,(H,27,30)/t22-/m1/s1. The van der Waals surface area contributed by atoms with E-state index in [0.29, 0.717) is 12.6 Å². The van der Waals surface area contributed by atoms with Crippen molar-refractivity contribution < 1.29 is 4.79 Å². The van der Waals surface area contributed by atoms with Gasteiger partial charge in [0.05, 0.1) is 5.92 Å². The number of pyridine rings is 2. The Balaban J connectivity index is 1.20. The molecule has 2 aliphatic rings. The summed E-state index contributed by atoms with van der Waals surface area (Å²) in [5, 5.41) is 3.15. The maximum absolute atomic E-state index is 12.7. The Morgan fingerprint density at radius 3 is 2.43 bits per heavy atom. The quantitative estimate of drug-likeness (QED) is 0.764. The summed E-state index contributed by atoms with van der Waals surface area (Å²) in [5.74, 6) is 0.346. The Kier molecular flexibility index (Phi) is 7.43. The minimum Gasteiger partial charge on any atom is -0.355 e. The number of nitrogens with one attached hydrogen (secondary N) is 1. The van der Waals surface area contributed by atoms with Crippen LogP contribution in [0, 0.1) is 5.92 Å². The van der Waals surface area contributed by atoms with E-state index in [9.17, 15) is 4.79 Å². The van der Waals surface area contributed by atoms with E-state index in [1.54, 1.807) is 6.20 Å². The summed E-state index contributed by atoms with van der Waals surface area (Å²) < 4.78 is 0. The number of aromatic nitrogens is 2. The Bertz CT molecular complexity index is 777. The number of likely N-dealkylation sites (tertiary alicyclic amines) is 2. The van der Waals surface area contributed by atoms with E-state index in [2.05, 4.69) is 37.2 Å². The van der Waals surface area contributed by atoms with Gasteiger partial charge in [0, 0.05) is 50.5 Å². The normalized spacial score (nSPS) is 21.4. The van der Waals surface area contributed by atoms with Crippen LogP contribution in [0.15, 0.2) is 49.1 Å². The molecule has 160 valence electrons. The Labute approximate surface area is 179 Å². The highest BCUT2D eigenvalue weighted by molar-refractivity contribution is 5.79. The Hall–Kier alpha value is -2.31. The van der Waals surface area contributed by atoms with Crippen LogP contribution in [0.1, 0.15) is 36.8 Å². The molecular formula is C24H33N5O. The molecule has 2 saturated heterocycles. The first kappa shape index (κ1) is 20.9. The van der Waals surface area contributed by atoms with Crippen molar-refractivity contribution in [1.29, 1.82) is 0 Å². The molecule has 2 aromatic heterocycles. The van der Waals surface area contributed by atoms with Crippen LogP contribution in [0.25, 0.3) is 0 Å². The van der Waals surface area contributed by atoms with Gasteiger partial charge in [-0.3, -0.25) is 24.6 Å². The molecule has 2 fully saturated rings. The lowest BCUT2D eigenvalue weighted by molar-refractivity contribution is -0.127. The fourth-order valence-electron chi connectivity index (χ4n) is 4.76. The highest BCUT2D eigenvalue weighted by Crippen LogP contribution is 2.24. The fraction of sp³-hybridized carbons (Fsp3) is 0.542. The summed E-state index contributed by atoms with van der Waals surface area (Å²) in [6, 6.07) is 8.78. The van der Waals surface area contributed by atoms with Gasteiger partial charge in [-0.1, -0.05) is 12.1 Å². The number of hydrogen-bond acceptors (Lipinski definition) is 5. The van der Waals surface area contributed by atoms with Gasteiger partial charge in [0.1, 0.15) is 0 Å². The second-order valence-electron chi connectivity index (χ2n) is 8.60. The van der Waals surface area contributed by atoms with Crippen molar-refractivity contribution >= 4 is 5.91 Å². The van der Waals surface area contributed by atoms with E-state index >= 15 is 0 Å². The average molecular weight is 408 g/mol. The molecule has 6 nitrogen and oxygen atoms in total. The third-order valence-corrected chi connectivity index (χ3v) is 6.46. The van der Waals surface area contributed by atoms with Crippen LogP contribution in [-0.2, 0) is 17.8 Å². The van der Waals surface area contributed by atoms with Crippen LogP contribution in [0.2, 0.25) is 0 Å². The molecular weight excluding hydrogens is 374 g/mol. The van der Waals surface area contributed by atoms with Crippen LogP contribution in [0.3, 0.4) is 0 Å². The van der Waals surface area contributed by atoms with E-state index in [1.165, 1.54) is 24.0 Å². The molecule has 2 aromatic rings. The topological polar surface area (TPSA) is 61.4 Å². The molecule has 1 amide bonds. The Morgan fingerprint density at radius 1 is 1.00 bits per heavy atom. The largest absolute Gasteiger partial charge is 0.355 e. The fourth-order valence-corrected chi connectivity index (χ4v) is 4.76. The first-order valence-corrected chi connectivity index (χ1v) is 11.3. The summed E-state index contributed by atoms with van der Waals surface area (Å²) in [4.78, 5) is 26.2. The minimum absolute atomic E-state index is 0.126. The van der Waals surface area contributed by atoms with Crippen molar-refractivity contribution in [2.24, 2.45) is 5.92 Å². The van der Waals surface area contributed by atoms with Crippen molar-refractivity contribution in [1.82, 2.24) is 25.1 Å². The number of carbonyl (C=O) groups excluding carboxylic acids is 1. The van der Waals surface area contributed by atoms with Gasteiger partial charge in [-0.25, -0.2) is 0 Å². The number of carbonyl (C=O) groups is 1. The summed E-state index contributed by atoms with van der Waals surface area (Å²) in [6.07, 6.45) is 12.8. The molecule has 0 saturated carbocycles. The zero-order valence-corrected chi connectivity index (χ0v) is 17.7. The van der Waals surface area contributed by atoms with Gasteiger partial charge >= 0.3 is 0 Å². The molecule has 4 heterocycles. The number of piperidine rings is 2. The second kappa shape index (κ2) is 10.6. The van der Waals surface area contributed by atoms with Gasteiger partial charge in [-0.05, 0) is 75.0 Å². The lowest BCUT2D eigenvalue weighted by Gasteiger charge is -2.42. The first-order valence-electron chi connectivity index (χ1n) is 11.3. The van der Waals surface area contributed by atoms with E-state index in [-0.39, 0.29) is 11.8 Å². The van der Waals surface area contributed by atoms with Gasteiger partial charge in [-0.15, -0.1) is 0 Å². The molecule has 6 heteroatoms. The van der Waals surface area contributed by atoms with Crippen molar-refractivity contribution in [2.45, 2.75) is 44.7 Å². The molecule has 1 N–H and O–H groups in total. The zero-order chi connectivity index (χ0) is 20.6. The number of amides is 1. The zero-order valence-electron chi connectivity index (χ0n) is 17.7. The molecule has 0 bridgehead atoms. The van der Waals surface area contributed by atoms with Crippen LogP contribution in [0.5, 0.6) is 0 Å². The summed E-state index contributed by atoms with van der Waals surface area (Å²) in [7, 11) is 0. The average Bonchev–Trinajstić information content (AvgIpc) is 2.81. The highest BCUT2D eigenvalue weighted by atomic mass is 16.1. The third-order valence-electron chi connectivity index (χ3n) is 6.46. The second-order valence-corrected chi connectivity index (χ2v) is 8.60. The van der Waals surface area contributed by atoms with E-state index in [0.717, 1.165) is 52.0 Å². The van der Waals surface area contributed by atoms with Gasteiger partial charge in [-0.2, -0.15) is 0 Å². The molecule has 4 rings (SSSR count). The predicted octanol–water partition coefficient (Wildman–Crippen LogP) is 2.51. The van der Waals surface area contributed by atoms with Crippen LogP contribution in [-0.4, -0.2) is 64.4 Å². The summed E-state index contributed by atoms with van der Waals surface area (Å²) in [6.45, 7) is 5.96. The van der Waals surface area contributed by atoms with Crippen molar-refractivity contribution in [2.75, 3.05) is 32.7 Å². The van der Waals surface area contributed by atoms with Crippen molar-refractivity contribution in [3.05, 3.63) is 60.2 Å². The Morgan fingerprint density at radius 2 is 1.73 bits per heavy atom. The lowest BCUT2D eigenvalue weighted by atomic mass is 9.93. The van der Waals surface area contributed by atoms with Gasteiger partial charge < -0.3 is 5.32 Å². The molecule has 30 heavy (non-hydrogen) atoms. The molecule has 0 radical (unpaired) electrons. The predicted molar refractivity (Wildman–Crippen MR) is 118 cm³/mol. The summed E-state index contributed by atoms with van der Waals surface area (Å²) in [5.41, 5.74) is 2.46. The highest BCUT2D eigenvalue weighted by Gasteiger charge is 2.31. The van der Waals surface area contributed by atoms with Crippen LogP contribution >= 0.6 is 0 Å². The van der Waals surface area contributed by atoms with E-state index < -0.39 is 0 Å². The van der Waals surface area contributed by atoms with Gasteiger partial charge in [0.2, 0.25) is 5.91 Å². The first-order chi connectivity index (χ1) is 14.8. The smallest absolute Gasteiger partial charge is 0.224 e. The van der Waals surface area contributed by atoms with E-state index in [4.69, 9.17) is 0 Å². The van der Waals surface area contributed by atoms with Crippen molar-refractivity contribution in [3.8, 4) is 0 Å². The van der Waals surface area contributed by atoms with Crippen LogP contribution in [0.4, 0.5) is 0 Å². The molecule has 0 aromatic carbocycles. The van der Waals surface area contributed by atoms with Crippen molar-refractivity contribution in [3.63, 3.8) is 0 Å². The molecule has 1 atom stereocenters. The SMILES string of the molecule is O=C(NCCc1cccnc1)[C@@H]1CCCN(C2CCN(Cc3cccnc3)CC2)C1. The summed E-state index contributed by atoms with van der Waals surface area (Å²) >= 11 is 0. The molecule has 0 spiro atoms. The minimum atomic E-state index is 0.126. The maximum Gasteiger partial charge on any atom is 0.224 e. The third kappa shape index (κ3) is 5.86. The van der Waals surface area contributed by atoms with E-state index in [1.807, 2.05) is 30.7 Å². The van der Waals surface area contributed by atoms with Gasteiger partial charge in [0.15, 0.2) is 0 Å². The molecule has 2 aliphatic heterocycles. The van der Waals surface area contributed by atoms with Crippen LogP contribution < -0.4 is 5.32 Å². The monoisotopic (exact) mass is 407 g/mol. The molecule has 0 aliphatic carbocycles. The number of nitrogens with zero attached hydrogens (tertiary/aromatic N) is 4. The number of hydrogen-bond donors (Lipinski definition) is 1. The lowest BCUT2D eigenvalue weighted by Crippen LogP contribution is -2.50. The molecule has 0 unspecified atom stereocenters.